The molecule has 0 saturated heterocycles. The third-order valence-electron chi connectivity index (χ3n) is 5.85. The van der Waals surface area contributed by atoms with Crippen LogP contribution in [0.25, 0.3) is 16.7 Å². The number of hydrogen-bond donors (Lipinski definition) is 3. The van der Waals surface area contributed by atoms with Crippen LogP contribution in [-0.4, -0.2) is 26.5 Å². The molecule has 1 aliphatic carbocycles. The van der Waals surface area contributed by atoms with Gasteiger partial charge in [-0.2, -0.15) is 0 Å². The SMILES string of the molecule is Nc1ncnc2c3c(n(-c4ccc(NC(=O)[C@@H](N)Cc5ccccc5)cc4)c12)CCC3. The first-order valence-electron chi connectivity index (χ1n) is 10.5. The number of nitrogens with zero attached hydrogens (tertiary/aromatic N) is 3. The highest BCUT2D eigenvalue weighted by Crippen LogP contribution is 2.36. The molecular formula is C24H24N6O. The summed E-state index contributed by atoms with van der Waals surface area (Å²) in [4.78, 5) is 21.2. The quantitative estimate of drug-likeness (QED) is 0.466. The summed E-state index contributed by atoms with van der Waals surface area (Å²) in [5.74, 6) is 0.269. The lowest BCUT2D eigenvalue weighted by atomic mass is 10.1. The molecule has 1 amide bonds. The van der Waals surface area contributed by atoms with E-state index in [0.29, 0.717) is 17.9 Å². The lowest BCUT2D eigenvalue weighted by molar-refractivity contribution is -0.117. The Kier molecular flexibility index (Phi) is 4.88. The number of nitrogen functional groups attached to an aromatic ring is 1. The topological polar surface area (TPSA) is 112 Å². The molecule has 5 N–H and O–H groups in total. The molecule has 7 nitrogen and oxygen atoms in total. The van der Waals surface area contributed by atoms with E-state index < -0.39 is 6.04 Å². The largest absolute Gasteiger partial charge is 0.382 e. The van der Waals surface area contributed by atoms with Crippen molar-refractivity contribution in [3.05, 3.63) is 77.7 Å². The van der Waals surface area contributed by atoms with Crippen molar-refractivity contribution in [2.45, 2.75) is 31.7 Å². The van der Waals surface area contributed by atoms with E-state index >= 15 is 0 Å². The highest BCUT2D eigenvalue weighted by atomic mass is 16.2. The molecule has 5 rings (SSSR count). The summed E-state index contributed by atoms with van der Waals surface area (Å²) in [6, 6.07) is 16.9. The van der Waals surface area contributed by atoms with Crippen molar-refractivity contribution in [3.63, 3.8) is 0 Å². The van der Waals surface area contributed by atoms with Gasteiger partial charge in [-0.1, -0.05) is 30.3 Å². The van der Waals surface area contributed by atoms with Gasteiger partial charge in [0.1, 0.15) is 11.8 Å². The molecule has 0 aliphatic heterocycles. The average Bonchev–Trinajstić information content (AvgIpc) is 3.37. The second kappa shape index (κ2) is 7.85. The molecular weight excluding hydrogens is 388 g/mol. The summed E-state index contributed by atoms with van der Waals surface area (Å²) in [7, 11) is 0. The van der Waals surface area contributed by atoms with E-state index in [0.717, 1.165) is 41.5 Å². The minimum Gasteiger partial charge on any atom is -0.382 e. The molecule has 2 aromatic carbocycles. The van der Waals surface area contributed by atoms with Crippen molar-refractivity contribution >= 4 is 28.4 Å². The molecule has 0 radical (unpaired) electrons. The fourth-order valence-electron chi connectivity index (χ4n) is 4.37. The molecule has 7 heteroatoms. The van der Waals surface area contributed by atoms with Gasteiger partial charge in [-0.3, -0.25) is 4.79 Å². The molecule has 1 atom stereocenters. The van der Waals surface area contributed by atoms with Crippen molar-refractivity contribution < 1.29 is 4.79 Å². The van der Waals surface area contributed by atoms with Crippen molar-refractivity contribution in [2.24, 2.45) is 5.73 Å². The molecule has 0 bridgehead atoms. The molecule has 4 aromatic rings. The Morgan fingerprint density at radius 2 is 1.84 bits per heavy atom. The zero-order valence-electron chi connectivity index (χ0n) is 17.1. The number of anilines is 2. The van der Waals surface area contributed by atoms with Crippen LogP contribution < -0.4 is 16.8 Å². The Morgan fingerprint density at radius 3 is 2.61 bits per heavy atom. The normalized spacial score (nSPS) is 13.8. The molecule has 2 aromatic heterocycles. The fourth-order valence-corrected chi connectivity index (χ4v) is 4.37. The Hall–Kier alpha value is -3.71. The lowest BCUT2D eigenvalue weighted by Crippen LogP contribution is -2.37. The predicted octanol–water partition coefficient (Wildman–Crippen LogP) is 3.00. The standard InChI is InChI=1S/C24H24N6O/c25-19(13-15-5-2-1-3-6-15)24(31)29-16-9-11-17(12-10-16)30-20-8-4-7-18(20)21-22(30)23(26)28-14-27-21/h1-3,5-6,9-12,14,19H,4,7-8,13,25H2,(H,29,31)(H2,26,27,28)/t19-/m0/s1. The third kappa shape index (κ3) is 3.53. The van der Waals surface area contributed by atoms with Gasteiger partial charge in [0.2, 0.25) is 5.91 Å². The number of aryl methyl sites for hydroxylation is 1. The summed E-state index contributed by atoms with van der Waals surface area (Å²) < 4.78 is 2.15. The van der Waals surface area contributed by atoms with Gasteiger partial charge in [-0.25, -0.2) is 9.97 Å². The summed E-state index contributed by atoms with van der Waals surface area (Å²) in [6.07, 6.45) is 5.11. The number of benzene rings is 2. The first-order chi connectivity index (χ1) is 15.1. The number of nitrogens with two attached hydrogens (primary N) is 2. The number of carbonyl (C=O) groups excluding carboxylic acids is 1. The second-order valence-electron chi connectivity index (χ2n) is 7.90. The summed E-state index contributed by atoms with van der Waals surface area (Å²) in [5.41, 5.74) is 19.3. The number of nitrogens with one attached hydrogen (secondary N) is 1. The van der Waals surface area contributed by atoms with E-state index in [-0.39, 0.29) is 5.91 Å². The minimum absolute atomic E-state index is 0.207. The summed E-state index contributed by atoms with van der Waals surface area (Å²) >= 11 is 0. The maximum Gasteiger partial charge on any atom is 0.241 e. The number of amides is 1. The van der Waals surface area contributed by atoms with Crippen molar-refractivity contribution in [3.8, 4) is 5.69 Å². The van der Waals surface area contributed by atoms with E-state index in [9.17, 15) is 4.79 Å². The number of fused-ring (bicyclic) bond motifs is 3. The smallest absolute Gasteiger partial charge is 0.241 e. The molecule has 0 unspecified atom stereocenters. The molecule has 31 heavy (non-hydrogen) atoms. The van der Waals surface area contributed by atoms with Gasteiger partial charge < -0.3 is 21.4 Å². The van der Waals surface area contributed by atoms with Gasteiger partial charge in [-0.15, -0.1) is 0 Å². The number of hydrogen-bond acceptors (Lipinski definition) is 5. The van der Waals surface area contributed by atoms with Crippen LogP contribution in [0.15, 0.2) is 60.9 Å². The van der Waals surface area contributed by atoms with E-state index in [1.54, 1.807) is 0 Å². The zero-order valence-corrected chi connectivity index (χ0v) is 17.1. The highest BCUT2D eigenvalue weighted by molar-refractivity contribution is 5.95. The van der Waals surface area contributed by atoms with Gasteiger partial charge in [0.25, 0.3) is 0 Å². The van der Waals surface area contributed by atoms with Gasteiger partial charge in [0.15, 0.2) is 5.82 Å². The Morgan fingerprint density at radius 1 is 1.06 bits per heavy atom. The Bertz CT molecular complexity index is 1250. The molecule has 1 aliphatic rings. The van der Waals surface area contributed by atoms with E-state index in [1.807, 2.05) is 54.6 Å². The Balaban J connectivity index is 1.38. The van der Waals surface area contributed by atoms with Crippen LogP contribution in [0.4, 0.5) is 11.5 Å². The third-order valence-corrected chi connectivity index (χ3v) is 5.85. The molecule has 2 heterocycles. The lowest BCUT2D eigenvalue weighted by Gasteiger charge is -2.14. The number of rotatable bonds is 5. The molecule has 0 spiro atoms. The van der Waals surface area contributed by atoms with Crippen LogP contribution in [0.2, 0.25) is 0 Å². The number of aromatic nitrogens is 3. The first-order valence-corrected chi connectivity index (χ1v) is 10.5. The van der Waals surface area contributed by atoms with Crippen LogP contribution >= 0.6 is 0 Å². The van der Waals surface area contributed by atoms with Gasteiger partial charge in [0.05, 0.1) is 11.6 Å². The monoisotopic (exact) mass is 412 g/mol. The maximum atomic E-state index is 12.5. The molecule has 156 valence electrons. The van der Waals surface area contributed by atoms with Gasteiger partial charge >= 0.3 is 0 Å². The average molecular weight is 412 g/mol. The zero-order chi connectivity index (χ0) is 21.4. The number of carbonyl (C=O) groups is 1. The molecule has 0 saturated carbocycles. The summed E-state index contributed by atoms with van der Waals surface area (Å²) in [5, 5.41) is 2.91. The first kappa shape index (κ1) is 19.3. The Labute approximate surface area is 180 Å². The van der Waals surface area contributed by atoms with Crippen molar-refractivity contribution in [1.82, 2.24) is 14.5 Å². The van der Waals surface area contributed by atoms with E-state index in [4.69, 9.17) is 11.5 Å². The summed E-state index contributed by atoms with van der Waals surface area (Å²) in [6.45, 7) is 0. The molecule has 0 fully saturated rings. The van der Waals surface area contributed by atoms with Crippen molar-refractivity contribution in [2.75, 3.05) is 11.1 Å². The van der Waals surface area contributed by atoms with Crippen LogP contribution in [0.1, 0.15) is 23.2 Å². The van der Waals surface area contributed by atoms with Gasteiger partial charge in [0, 0.05) is 17.1 Å². The van der Waals surface area contributed by atoms with Crippen LogP contribution in [0, 0.1) is 0 Å². The highest BCUT2D eigenvalue weighted by Gasteiger charge is 2.25. The van der Waals surface area contributed by atoms with Crippen LogP contribution in [0.3, 0.4) is 0 Å². The van der Waals surface area contributed by atoms with Crippen LogP contribution in [-0.2, 0) is 24.1 Å². The minimum atomic E-state index is -0.615. The fraction of sp³-hybridized carbons (Fsp3) is 0.208. The predicted molar refractivity (Wildman–Crippen MR) is 122 cm³/mol. The van der Waals surface area contributed by atoms with Gasteiger partial charge in [-0.05, 0) is 61.1 Å². The van der Waals surface area contributed by atoms with Crippen LogP contribution in [0.5, 0.6) is 0 Å². The van der Waals surface area contributed by atoms with E-state index in [1.165, 1.54) is 17.6 Å². The van der Waals surface area contributed by atoms with Crippen molar-refractivity contribution in [1.29, 1.82) is 0 Å². The second-order valence-corrected chi connectivity index (χ2v) is 7.90. The van der Waals surface area contributed by atoms with E-state index in [2.05, 4.69) is 19.9 Å². The maximum absolute atomic E-state index is 12.5.